The molecule has 0 bridgehead atoms. The maximum Gasteiger partial charge on any atom is 0.206 e. The molecule has 0 heterocycles. The molecule has 6 heteroatoms. The molecular weight excluding hydrogens is 341 g/mol. The molecule has 0 fully saturated rings. The number of aliphatic hydroxyl groups is 1. The molecule has 0 aliphatic heterocycles. The van der Waals surface area contributed by atoms with Crippen molar-refractivity contribution in [2.75, 3.05) is 6.61 Å². The summed E-state index contributed by atoms with van der Waals surface area (Å²) in [6, 6.07) is 9.82. The standard InChI is InChI=1S/C19H22FNO3S/c1-13(10-16(21)8-9-22)19-7-6-18(11-14(19)2)25(23,24)17-5-3-4-15(20)12-17/h3-7,11-13,21-22H,8-10H2,1-2H3. The van der Waals surface area contributed by atoms with Crippen LogP contribution in [0.2, 0.25) is 0 Å². The van der Waals surface area contributed by atoms with Crippen molar-refractivity contribution in [3.05, 3.63) is 59.4 Å². The molecule has 0 spiro atoms. The van der Waals surface area contributed by atoms with Crippen molar-refractivity contribution in [2.45, 2.75) is 42.4 Å². The summed E-state index contributed by atoms with van der Waals surface area (Å²) in [4.78, 5) is 0.0504. The molecule has 25 heavy (non-hydrogen) atoms. The first-order valence-electron chi connectivity index (χ1n) is 8.04. The van der Waals surface area contributed by atoms with Crippen LogP contribution in [0, 0.1) is 18.2 Å². The van der Waals surface area contributed by atoms with Crippen LogP contribution in [-0.4, -0.2) is 25.8 Å². The van der Waals surface area contributed by atoms with E-state index in [4.69, 9.17) is 10.5 Å². The van der Waals surface area contributed by atoms with Crippen LogP contribution in [0.15, 0.2) is 52.3 Å². The second-order valence-electron chi connectivity index (χ2n) is 6.16. The molecule has 0 radical (unpaired) electrons. The number of nitrogens with one attached hydrogen (secondary N) is 1. The van der Waals surface area contributed by atoms with E-state index in [1.807, 2.05) is 13.8 Å². The lowest BCUT2D eigenvalue weighted by molar-refractivity contribution is 0.306. The van der Waals surface area contributed by atoms with Gasteiger partial charge in [0.1, 0.15) is 5.82 Å². The smallest absolute Gasteiger partial charge is 0.206 e. The number of sulfone groups is 1. The lowest BCUT2D eigenvalue weighted by Crippen LogP contribution is -2.08. The average molecular weight is 363 g/mol. The van der Waals surface area contributed by atoms with Gasteiger partial charge in [0.2, 0.25) is 9.84 Å². The van der Waals surface area contributed by atoms with Crippen molar-refractivity contribution >= 4 is 15.5 Å². The molecule has 2 rings (SSSR count). The maximum absolute atomic E-state index is 13.3. The van der Waals surface area contributed by atoms with E-state index in [2.05, 4.69) is 0 Å². The molecule has 0 saturated carbocycles. The van der Waals surface area contributed by atoms with Gasteiger partial charge in [-0.1, -0.05) is 19.1 Å². The highest BCUT2D eigenvalue weighted by Crippen LogP contribution is 2.28. The second-order valence-corrected chi connectivity index (χ2v) is 8.11. The summed E-state index contributed by atoms with van der Waals surface area (Å²) in [7, 11) is -3.77. The van der Waals surface area contributed by atoms with Crippen molar-refractivity contribution in [1.82, 2.24) is 0 Å². The third-order valence-electron chi connectivity index (χ3n) is 4.16. The molecule has 1 atom stereocenters. The van der Waals surface area contributed by atoms with Gasteiger partial charge in [-0.05, 0) is 60.7 Å². The first-order valence-corrected chi connectivity index (χ1v) is 9.52. The predicted octanol–water partition coefficient (Wildman–Crippen LogP) is 3.86. The van der Waals surface area contributed by atoms with E-state index < -0.39 is 15.7 Å². The van der Waals surface area contributed by atoms with Crippen LogP contribution in [0.25, 0.3) is 0 Å². The molecule has 0 aliphatic carbocycles. The number of hydrogen-bond acceptors (Lipinski definition) is 4. The van der Waals surface area contributed by atoms with Crippen LogP contribution in [0.3, 0.4) is 0 Å². The Kier molecular flexibility index (Phi) is 6.08. The number of aliphatic hydroxyl groups excluding tert-OH is 1. The number of benzene rings is 2. The van der Waals surface area contributed by atoms with E-state index in [0.29, 0.717) is 18.6 Å². The van der Waals surface area contributed by atoms with E-state index in [0.717, 1.165) is 17.2 Å². The largest absolute Gasteiger partial charge is 0.396 e. The van der Waals surface area contributed by atoms with Gasteiger partial charge in [-0.25, -0.2) is 12.8 Å². The Labute approximate surface area is 147 Å². The van der Waals surface area contributed by atoms with Crippen LogP contribution >= 0.6 is 0 Å². The zero-order valence-electron chi connectivity index (χ0n) is 14.3. The summed E-state index contributed by atoms with van der Waals surface area (Å²) < 4.78 is 38.7. The van der Waals surface area contributed by atoms with Gasteiger partial charge in [0, 0.05) is 18.7 Å². The topological polar surface area (TPSA) is 78.2 Å². The normalized spacial score (nSPS) is 12.8. The van der Waals surface area contributed by atoms with E-state index in [-0.39, 0.29) is 22.3 Å². The number of hydrogen-bond donors (Lipinski definition) is 2. The summed E-state index contributed by atoms with van der Waals surface area (Å²) in [5.41, 5.74) is 2.23. The summed E-state index contributed by atoms with van der Waals surface area (Å²) >= 11 is 0. The average Bonchev–Trinajstić information content (AvgIpc) is 2.54. The predicted molar refractivity (Wildman–Crippen MR) is 95.5 cm³/mol. The maximum atomic E-state index is 13.3. The molecule has 0 aromatic heterocycles. The molecule has 2 aromatic rings. The van der Waals surface area contributed by atoms with Gasteiger partial charge in [-0.3, -0.25) is 0 Å². The minimum absolute atomic E-state index is 0.0463. The number of rotatable bonds is 7. The molecule has 2 aromatic carbocycles. The SMILES string of the molecule is Cc1cc(S(=O)(=O)c2cccc(F)c2)ccc1C(C)CC(=N)CCO. The summed E-state index contributed by atoms with van der Waals surface area (Å²) in [6.45, 7) is 3.75. The number of halogens is 1. The highest BCUT2D eigenvalue weighted by molar-refractivity contribution is 7.91. The van der Waals surface area contributed by atoms with Gasteiger partial charge in [0.05, 0.1) is 9.79 Å². The minimum atomic E-state index is -3.77. The van der Waals surface area contributed by atoms with Gasteiger partial charge in [0.25, 0.3) is 0 Å². The van der Waals surface area contributed by atoms with Crippen molar-refractivity contribution in [1.29, 1.82) is 5.41 Å². The van der Waals surface area contributed by atoms with Crippen LogP contribution in [0.5, 0.6) is 0 Å². The fourth-order valence-electron chi connectivity index (χ4n) is 2.86. The van der Waals surface area contributed by atoms with Crippen LogP contribution < -0.4 is 0 Å². The van der Waals surface area contributed by atoms with E-state index in [9.17, 15) is 12.8 Å². The highest BCUT2D eigenvalue weighted by Gasteiger charge is 2.20. The lowest BCUT2D eigenvalue weighted by Gasteiger charge is -2.16. The third-order valence-corrected chi connectivity index (χ3v) is 5.90. The zero-order valence-corrected chi connectivity index (χ0v) is 15.1. The lowest BCUT2D eigenvalue weighted by atomic mass is 9.91. The first-order chi connectivity index (χ1) is 11.8. The van der Waals surface area contributed by atoms with Crippen LogP contribution in [0.1, 0.15) is 36.8 Å². The van der Waals surface area contributed by atoms with Gasteiger partial charge >= 0.3 is 0 Å². The monoisotopic (exact) mass is 363 g/mol. The fraction of sp³-hybridized carbons (Fsp3) is 0.316. The van der Waals surface area contributed by atoms with Crippen molar-refractivity contribution in [3.8, 4) is 0 Å². The molecule has 0 saturated heterocycles. The Bertz CT molecular complexity index is 878. The van der Waals surface area contributed by atoms with Gasteiger partial charge < -0.3 is 10.5 Å². The van der Waals surface area contributed by atoms with Crippen LogP contribution in [-0.2, 0) is 9.84 Å². The Morgan fingerprint density at radius 1 is 1.20 bits per heavy atom. The second kappa shape index (κ2) is 7.89. The molecule has 134 valence electrons. The molecule has 0 amide bonds. The van der Waals surface area contributed by atoms with Crippen molar-refractivity contribution in [3.63, 3.8) is 0 Å². The summed E-state index contributed by atoms with van der Waals surface area (Å²) in [5.74, 6) is -0.546. The summed E-state index contributed by atoms with van der Waals surface area (Å²) in [5, 5.41) is 16.7. The Morgan fingerprint density at radius 2 is 1.88 bits per heavy atom. The van der Waals surface area contributed by atoms with E-state index >= 15 is 0 Å². The number of aryl methyl sites for hydroxylation is 1. The minimum Gasteiger partial charge on any atom is -0.396 e. The Hall–Kier alpha value is -2.05. The fourth-order valence-corrected chi connectivity index (χ4v) is 4.23. The molecular formula is C19H22FNO3S. The Balaban J connectivity index is 2.31. The van der Waals surface area contributed by atoms with Gasteiger partial charge in [0.15, 0.2) is 0 Å². The zero-order chi connectivity index (χ0) is 18.6. The van der Waals surface area contributed by atoms with Crippen molar-refractivity contribution < 1.29 is 17.9 Å². The van der Waals surface area contributed by atoms with E-state index in [1.165, 1.54) is 24.3 Å². The van der Waals surface area contributed by atoms with E-state index in [1.54, 1.807) is 12.1 Å². The third kappa shape index (κ3) is 4.52. The quantitative estimate of drug-likeness (QED) is 0.733. The summed E-state index contributed by atoms with van der Waals surface area (Å²) in [6.07, 6.45) is 0.854. The molecule has 2 N–H and O–H groups in total. The van der Waals surface area contributed by atoms with Crippen molar-refractivity contribution in [2.24, 2.45) is 0 Å². The first kappa shape index (κ1) is 19.3. The molecule has 4 nitrogen and oxygen atoms in total. The van der Waals surface area contributed by atoms with Gasteiger partial charge in [-0.15, -0.1) is 0 Å². The highest BCUT2D eigenvalue weighted by atomic mass is 32.2. The molecule has 0 aliphatic rings. The Morgan fingerprint density at radius 3 is 2.48 bits per heavy atom. The van der Waals surface area contributed by atoms with Crippen LogP contribution in [0.4, 0.5) is 4.39 Å². The molecule has 1 unspecified atom stereocenters. The van der Waals surface area contributed by atoms with Gasteiger partial charge in [-0.2, -0.15) is 0 Å².